The lowest BCUT2D eigenvalue weighted by molar-refractivity contribution is -0.118. The van der Waals surface area contributed by atoms with Crippen molar-refractivity contribution < 1.29 is 23.1 Å². The molecule has 0 aliphatic heterocycles. The molecular formula is C39H51ClN6O6S. The summed E-state index contributed by atoms with van der Waals surface area (Å²) in [5.41, 5.74) is 2.58. The van der Waals surface area contributed by atoms with Crippen LogP contribution in [0.4, 0.5) is 5.69 Å². The Morgan fingerprint density at radius 3 is 2.25 bits per heavy atom. The fourth-order valence-corrected chi connectivity index (χ4v) is 8.53. The molecule has 0 saturated carbocycles. The molecule has 3 heterocycles. The number of aromatic nitrogens is 4. The van der Waals surface area contributed by atoms with E-state index in [2.05, 4.69) is 21.9 Å². The van der Waals surface area contributed by atoms with Gasteiger partial charge in [0.2, 0.25) is 15.9 Å². The molecule has 0 fully saturated rings. The number of rotatable bonds is 19. The Hall–Kier alpha value is -4.20. The van der Waals surface area contributed by atoms with Crippen LogP contribution in [0.3, 0.4) is 0 Å². The molecule has 0 radical (unpaired) electrons. The summed E-state index contributed by atoms with van der Waals surface area (Å²) in [6.45, 7) is 4.26. The lowest BCUT2D eigenvalue weighted by Crippen LogP contribution is -2.39. The van der Waals surface area contributed by atoms with Gasteiger partial charge in [-0.05, 0) is 74.9 Å². The minimum absolute atomic E-state index is 0.0280. The zero-order valence-electron chi connectivity index (χ0n) is 30.9. The Morgan fingerprint density at radius 1 is 0.962 bits per heavy atom. The quantitative estimate of drug-likeness (QED) is 0.0518. The Labute approximate surface area is 316 Å². The van der Waals surface area contributed by atoms with E-state index in [4.69, 9.17) is 11.6 Å². The minimum Gasteiger partial charge on any atom is -0.493 e. The van der Waals surface area contributed by atoms with Gasteiger partial charge in [0, 0.05) is 48.6 Å². The number of aryl methyl sites for hydroxylation is 1. The van der Waals surface area contributed by atoms with Crippen molar-refractivity contribution in [1.29, 1.82) is 0 Å². The van der Waals surface area contributed by atoms with Crippen molar-refractivity contribution in [1.82, 2.24) is 23.4 Å². The molecule has 12 nitrogen and oxygen atoms in total. The van der Waals surface area contributed by atoms with E-state index in [-0.39, 0.29) is 22.2 Å². The first-order valence-corrected chi connectivity index (χ1v) is 20.6. The number of imidazole rings is 1. The van der Waals surface area contributed by atoms with Gasteiger partial charge in [0.15, 0.2) is 11.8 Å². The number of hydrogen-bond donors (Lipinski definition) is 3. The third kappa shape index (κ3) is 9.31. The molecule has 286 valence electrons. The standard InChI is InChI=1S/C39H51ClN6O6S/c1-4-5-6-7-8-9-10-11-12-15-22-42-53(51,52)29-18-19-31(40)32(25-29)43-38(49)36(46-34(47)26-44(3)39(46)50)37(48)35-27(2)45(28-20-23-41-24-21-28)33-17-14-13-16-30(33)35/h18-21,23-26,36,42,47H,4-17,22H2,1-3H3,(H,43,49). The first-order chi connectivity index (χ1) is 25.5. The number of benzene rings is 1. The molecule has 14 heteroatoms. The average Bonchev–Trinajstić information content (AvgIpc) is 3.57. The van der Waals surface area contributed by atoms with Crippen LogP contribution < -0.4 is 15.7 Å². The lowest BCUT2D eigenvalue weighted by atomic mass is 9.90. The molecule has 1 aliphatic rings. The summed E-state index contributed by atoms with van der Waals surface area (Å²) >= 11 is 6.47. The van der Waals surface area contributed by atoms with Gasteiger partial charge in [-0.2, -0.15) is 0 Å². The first kappa shape index (κ1) is 40.0. The second-order valence-electron chi connectivity index (χ2n) is 13.9. The smallest absolute Gasteiger partial charge is 0.331 e. The molecule has 1 atom stereocenters. The van der Waals surface area contributed by atoms with Crippen LogP contribution >= 0.6 is 11.6 Å². The van der Waals surface area contributed by atoms with E-state index in [1.54, 1.807) is 19.3 Å². The number of pyridine rings is 1. The molecule has 1 aromatic carbocycles. The number of amides is 1. The normalized spacial score (nSPS) is 13.5. The monoisotopic (exact) mass is 766 g/mol. The number of carbonyl (C=O) groups is 2. The van der Waals surface area contributed by atoms with Crippen LogP contribution in [-0.4, -0.2) is 50.4 Å². The topological polar surface area (TPSA) is 157 Å². The predicted octanol–water partition coefficient (Wildman–Crippen LogP) is 7.18. The maximum atomic E-state index is 14.7. The fourth-order valence-electron chi connectivity index (χ4n) is 7.27. The number of ketones is 1. The summed E-state index contributed by atoms with van der Waals surface area (Å²) < 4.78 is 33.0. The third-order valence-corrected chi connectivity index (χ3v) is 11.8. The number of halogens is 1. The van der Waals surface area contributed by atoms with E-state index in [1.165, 1.54) is 63.8 Å². The Bertz CT molecular complexity index is 2070. The molecular weight excluding hydrogens is 716 g/mol. The van der Waals surface area contributed by atoms with Crippen LogP contribution in [0, 0.1) is 6.92 Å². The van der Waals surface area contributed by atoms with Gasteiger partial charge in [-0.1, -0.05) is 76.3 Å². The Balaban J connectivity index is 1.37. The Kier molecular flexibility index (Phi) is 13.8. The van der Waals surface area contributed by atoms with Crippen molar-refractivity contribution in [3.8, 4) is 11.6 Å². The molecule has 5 rings (SSSR count). The second kappa shape index (κ2) is 18.2. The van der Waals surface area contributed by atoms with E-state index in [0.29, 0.717) is 30.5 Å². The highest BCUT2D eigenvalue weighted by molar-refractivity contribution is 7.89. The van der Waals surface area contributed by atoms with E-state index in [0.717, 1.165) is 64.4 Å². The molecule has 0 bridgehead atoms. The third-order valence-electron chi connectivity index (χ3n) is 10.0. The van der Waals surface area contributed by atoms with Crippen molar-refractivity contribution in [2.45, 2.75) is 115 Å². The highest BCUT2D eigenvalue weighted by Gasteiger charge is 2.38. The van der Waals surface area contributed by atoms with Crippen LogP contribution in [0.1, 0.15) is 117 Å². The molecule has 1 amide bonds. The number of unbranched alkanes of at least 4 members (excludes halogenated alkanes) is 9. The van der Waals surface area contributed by atoms with Gasteiger partial charge in [0.1, 0.15) is 0 Å². The minimum atomic E-state index is -3.96. The second-order valence-corrected chi connectivity index (χ2v) is 16.0. The zero-order chi connectivity index (χ0) is 38.1. The predicted molar refractivity (Wildman–Crippen MR) is 207 cm³/mol. The molecule has 1 unspecified atom stereocenters. The summed E-state index contributed by atoms with van der Waals surface area (Å²) in [6.07, 6.45) is 18.8. The van der Waals surface area contributed by atoms with Crippen LogP contribution in [0.5, 0.6) is 5.88 Å². The van der Waals surface area contributed by atoms with Gasteiger partial charge in [-0.25, -0.2) is 22.5 Å². The fraction of sp³-hybridized carbons (Fsp3) is 0.487. The maximum Gasteiger partial charge on any atom is 0.331 e. The zero-order valence-corrected chi connectivity index (χ0v) is 32.4. The number of nitrogens with one attached hydrogen (secondary N) is 2. The molecule has 4 aromatic rings. The number of anilines is 1. The molecule has 3 aromatic heterocycles. The first-order valence-electron chi connectivity index (χ1n) is 18.7. The number of sulfonamides is 1. The van der Waals surface area contributed by atoms with Gasteiger partial charge >= 0.3 is 5.69 Å². The van der Waals surface area contributed by atoms with E-state index in [1.807, 2.05) is 16.7 Å². The molecule has 0 spiro atoms. The highest BCUT2D eigenvalue weighted by Crippen LogP contribution is 2.36. The number of aromatic hydroxyl groups is 1. The van der Waals surface area contributed by atoms with Gasteiger partial charge in [0.05, 0.1) is 21.8 Å². The molecule has 53 heavy (non-hydrogen) atoms. The summed E-state index contributed by atoms with van der Waals surface area (Å²) in [4.78, 5) is 46.3. The van der Waals surface area contributed by atoms with Gasteiger partial charge in [0.25, 0.3) is 5.91 Å². The number of Topliss-reactive ketones (excluding diaryl/α,β-unsaturated/α-hetero) is 1. The Morgan fingerprint density at radius 2 is 1.60 bits per heavy atom. The van der Waals surface area contributed by atoms with E-state index in [9.17, 15) is 27.9 Å². The van der Waals surface area contributed by atoms with Crippen molar-refractivity contribution in [3.63, 3.8) is 0 Å². The number of fused-ring (bicyclic) bond motifs is 1. The number of carbonyl (C=O) groups excluding carboxylic acids is 2. The van der Waals surface area contributed by atoms with Crippen molar-refractivity contribution >= 4 is 39.0 Å². The summed E-state index contributed by atoms with van der Waals surface area (Å²) in [6, 6.07) is 5.75. The molecule has 3 N–H and O–H groups in total. The summed E-state index contributed by atoms with van der Waals surface area (Å²) in [5.74, 6) is -2.23. The van der Waals surface area contributed by atoms with E-state index < -0.39 is 39.3 Å². The summed E-state index contributed by atoms with van der Waals surface area (Å²) in [5, 5.41) is 13.5. The maximum absolute atomic E-state index is 14.7. The van der Waals surface area contributed by atoms with Gasteiger partial charge in [-0.3, -0.25) is 19.1 Å². The molecule has 1 aliphatic carbocycles. The largest absolute Gasteiger partial charge is 0.493 e. The van der Waals surface area contributed by atoms with Gasteiger partial charge in [-0.15, -0.1) is 0 Å². The highest BCUT2D eigenvalue weighted by atomic mass is 35.5. The molecule has 0 saturated heterocycles. The van der Waals surface area contributed by atoms with E-state index >= 15 is 0 Å². The van der Waals surface area contributed by atoms with Crippen molar-refractivity contribution in [2.75, 3.05) is 11.9 Å². The van der Waals surface area contributed by atoms with Crippen LogP contribution in [0.2, 0.25) is 5.02 Å². The number of hydrogen-bond acceptors (Lipinski definition) is 7. The summed E-state index contributed by atoms with van der Waals surface area (Å²) in [7, 11) is -2.56. The van der Waals surface area contributed by atoms with Crippen molar-refractivity contribution in [3.05, 3.63) is 86.9 Å². The lowest BCUT2D eigenvalue weighted by Gasteiger charge is -2.20. The van der Waals surface area contributed by atoms with Crippen molar-refractivity contribution in [2.24, 2.45) is 7.05 Å². The van der Waals surface area contributed by atoms with Crippen LogP contribution in [0.15, 0.2) is 58.6 Å². The van der Waals surface area contributed by atoms with Crippen LogP contribution in [0.25, 0.3) is 5.69 Å². The average molecular weight is 767 g/mol. The number of nitrogens with zero attached hydrogens (tertiary/aromatic N) is 4. The van der Waals surface area contributed by atoms with Crippen LogP contribution in [-0.2, 0) is 34.7 Å². The van der Waals surface area contributed by atoms with Gasteiger partial charge < -0.3 is 15.0 Å². The SMILES string of the molecule is CCCCCCCCCCCCNS(=O)(=O)c1ccc(Cl)c(NC(=O)C(C(=O)c2c3c(n(-c4ccncc4)c2C)CCCC3)n2c(O)cn(C)c2=O)c1.